The molecule has 0 aromatic rings. The maximum atomic E-state index is 5.38. The lowest BCUT2D eigenvalue weighted by atomic mass is 9.71. The van der Waals surface area contributed by atoms with Gasteiger partial charge in [-0.1, -0.05) is 13.8 Å². The molecule has 0 amide bonds. The van der Waals surface area contributed by atoms with Gasteiger partial charge in [-0.3, -0.25) is 0 Å². The number of nitrogens with one attached hydrogen (secondary N) is 1. The number of methoxy groups -OCH3 is 1. The SMILES string of the molecule is COC1CCC(NC2CC(C)C2C)C1. The van der Waals surface area contributed by atoms with Gasteiger partial charge in [0.2, 0.25) is 0 Å². The summed E-state index contributed by atoms with van der Waals surface area (Å²) < 4.78 is 5.38. The average molecular weight is 197 g/mol. The van der Waals surface area contributed by atoms with E-state index in [2.05, 4.69) is 19.2 Å². The maximum Gasteiger partial charge on any atom is 0.0586 e. The fraction of sp³-hybridized carbons (Fsp3) is 1.00. The first-order chi connectivity index (χ1) is 6.70. The van der Waals surface area contributed by atoms with E-state index < -0.39 is 0 Å². The fourth-order valence-corrected chi connectivity index (χ4v) is 2.86. The molecule has 2 fully saturated rings. The highest BCUT2D eigenvalue weighted by Crippen LogP contribution is 2.35. The Morgan fingerprint density at radius 1 is 1.14 bits per heavy atom. The Kier molecular flexibility index (Phi) is 3.13. The van der Waals surface area contributed by atoms with E-state index in [4.69, 9.17) is 4.74 Å². The monoisotopic (exact) mass is 197 g/mol. The number of rotatable bonds is 3. The molecular weight excluding hydrogens is 174 g/mol. The minimum Gasteiger partial charge on any atom is -0.381 e. The topological polar surface area (TPSA) is 21.3 Å². The summed E-state index contributed by atoms with van der Waals surface area (Å²) in [4.78, 5) is 0. The molecule has 5 atom stereocenters. The minimum atomic E-state index is 0.514. The molecule has 0 aliphatic heterocycles. The van der Waals surface area contributed by atoms with Crippen LogP contribution in [-0.2, 0) is 4.74 Å². The van der Waals surface area contributed by atoms with Crippen LogP contribution in [0.25, 0.3) is 0 Å². The van der Waals surface area contributed by atoms with Crippen molar-refractivity contribution >= 4 is 0 Å². The molecule has 0 aromatic carbocycles. The molecule has 1 N–H and O–H groups in total. The van der Waals surface area contributed by atoms with E-state index in [0.29, 0.717) is 6.10 Å². The summed E-state index contributed by atoms with van der Waals surface area (Å²) in [6.45, 7) is 4.73. The van der Waals surface area contributed by atoms with E-state index in [-0.39, 0.29) is 0 Å². The van der Waals surface area contributed by atoms with Crippen molar-refractivity contribution in [1.29, 1.82) is 0 Å². The van der Waals surface area contributed by atoms with E-state index in [1.807, 2.05) is 7.11 Å². The van der Waals surface area contributed by atoms with Gasteiger partial charge in [0, 0.05) is 19.2 Å². The van der Waals surface area contributed by atoms with E-state index in [1.165, 1.54) is 25.7 Å². The molecule has 2 saturated carbocycles. The van der Waals surface area contributed by atoms with Crippen LogP contribution in [0.2, 0.25) is 0 Å². The van der Waals surface area contributed by atoms with Crippen molar-refractivity contribution < 1.29 is 4.74 Å². The molecule has 0 radical (unpaired) electrons. The molecular formula is C12H23NO. The van der Waals surface area contributed by atoms with Gasteiger partial charge in [0.15, 0.2) is 0 Å². The van der Waals surface area contributed by atoms with Crippen LogP contribution >= 0.6 is 0 Å². The van der Waals surface area contributed by atoms with Crippen molar-refractivity contribution in [1.82, 2.24) is 5.32 Å². The molecule has 14 heavy (non-hydrogen) atoms. The number of ether oxygens (including phenoxy) is 1. The van der Waals surface area contributed by atoms with Gasteiger partial charge in [-0.2, -0.15) is 0 Å². The fourth-order valence-electron chi connectivity index (χ4n) is 2.86. The molecule has 0 bridgehead atoms. The summed E-state index contributed by atoms with van der Waals surface area (Å²) in [5, 5.41) is 3.78. The molecule has 2 rings (SSSR count). The van der Waals surface area contributed by atoms with Gasteiger partial charge in [0.1, 0.15) is 0 Å². The van der Waals surface area contributed by atoms with Crippen molar-refractivity contribution in [3.05, 3.63) is 0 Å². The highest BCUT2D eigenvalue weighted by molar-refractivity contribution is 4.93. The van der Waals surface area contributed by atoms with Crippen LogP contribution < -0.4 is 5.32 Å². The third kappa shape index (κ3) is 1.96. The van der Waals surface area contributed by atoms with Gasteiger partial charge in [0.05, 0.1) is 6.10 Å². The van der Waals surface area contributed by atoms with Gasteiger partial charge >= 0.3 is 0 Å². The standard InChI is InChI=1S/C12H23NO/c1-8-6-12(9(8)2)13-10-4-5-11(7-10)14-3/h8-13H,4-7H2,1-3H3. The zero-order valence-electron chi connectivity index (χ0n) is 9.62. The average Bonchev–Trinajstić information content (AvgIpc) is 2.65. The second-order valence-corrected chi connectivity index (χ2v) is 5.21. The predicted molar refractivity (Wildman–Crippen MR) is 58.3 cm³/mol. The van der Waals surface area contributed by atoms with Crippen molar-refractivity contribution in [2.24, 2.45) is 11.8 Å². The lowest BCUT2D eigenvalue weighted by molar-refractivity contribution is 0.0978. The Morgan fingerprint density at radius 3 is 2.43 bits per heavy atom. The van der Waals surface area contributed by atoms with Crippen LogP contribution in [0, 0.1) is 11.8 Å². The first kappa shape index (κ1) is 10.4. The largest absolute Gasteiger partial charge is 0.381 e. The van der Waals surface area contributed by atoms with Crippen molar-refractivity contribution in [3.63, 3.8) is 0 Å². The second kappa shape index (κ2) is 4.19. The molecule has 82 valence electrons. The Hall–Kier alpha value is -0.0800. The number of hydrogen-bond acceptors (Lipinski definition) is 2. The van der Waals surface area contributed by atoms with E-state index in [1.54, 1.807) is 0 Å². The molecule has 0 aromatic heterocycles. The van der Waals surface area contributed by atoms with Gasteiger partial charge in [-0.15, -0.1) is 0 Å². The molecule has 2 nitrogen and oxygen atoms in total. The van der Waals surface area contributed by atoms with Gasteiger partial charge in [0.25, 0.3) is 0 Å². The summed E-state index contributed by atoms with van der Waals surface area (Å²) in [5.74, 6) is 1.80. The normalized spacial score (nSPS) is 47.8. The van der Waals surface area contributed by atoms with Gasteiger partial charge in [-0.05, 0) is 37.5 Å². The lowest BCUT2D eigenvalue weighted by Crippen LogP contribution is -2.51. The molecule has 5 unspecified atom stereocenters. The Morgan fingerprint density at radius 2 is 1.93 bits per heavy atom. The lowest BCUT2D eigenvalue weighted by Gasteiger charge is -2.43. The van der Waals surface area contributed by atoms with E-state index >= 15 is 0 Å². The van der Waals surface area contributed by atoms with Crippen molar-refractivity contribution in [2.45, 2.75) is 57.7 Å². The summed E-state index contributed by atoms with van der Waals surface area (Å²) in [6.07, 6.45) is 5.64. The summed E-state index contributed by atoms with van der Waals surface area (Å²) in [7, 11) is 1.83. The maximum absolute atomic E-state index is 5.38. The van der Waals surface area contributed by atoms with Crippen LogP contribution in [0.4, 0.5) is 0 Å². The van der Waals surface area contributed by atoms with Crippen molar-refractivity contribution in [2.75, 3.05) is 7.11 Å². The molecule has 0 spiro atoms. The first-order valence-corrected chi connectivity index (χ1v) is 5.99. The number of hydrogen-bond donors (Lipinski definition) is 1. The predicted octanol–water partition coefficient (Wildman–Crippen LogP) is 2.19. The Bertz CT molecular complexity index is 195. The quantitative estimate of drug-likeness (QED) is 0.749. The van der Waals surface area contributed by atoms with Crippen LogP contribution in [-0.4, -0.2) is 25.3 Å². The first-order valence-electron chi connectivity index (χ1n) is 5.99. The molecule has 2 aliphatic carbocycles. The molecule has 0 saturated heterocycles. The molecule has 2 aliphatic rings. The van der Waals surface area contributed by atoms with Crippen LogP contribution in [0.3, 0.4) is 0 Å². The Labute approximate surface area is 87.4 Å². The summed E-state index contributed by atoms with van der Waals surface area (Å²) >= 11 is 0. The van der Waals surface area contributed by atoms with Crippen LogP contribution in [0.5, 0.6) is 0 Å². The minimum absolute atomic E-state index is 0.514. The third-order valence-electron chi connectivity index (χ3n) is 4.33. The van der Waals surface area contributed by atoms with Crippen LogP contribution in [0.15, 0.2) is 0 Å². The summed E-state index contributed by atoms with van der Waals surface area (Å²) in [6, 6.07) is 1.51. The Balaban J connectivity index is 1.72. The highest BCUT2D eigenvalue weighted by atomic mass is 16.5. The van der Waals surface area contributed by atoms with E-state index in [9.17, 15) is 0 Å². The zero-order valence-corrected chi connectivity index (χ0v) is 9.62. The summed E-state index contributed by atoms with van der Waals surface area (Å²) in [5.41, 5.74) is 0. The molecule has 0 heterocycles. The van der Waals surface area contributed by atoms with Gasteiger partial charge in [-0.25, -0.2) is 0 Å². The second-order valence-electron chi connectivity index (χ2n) is 5.21. The highest BCUT2D eigenvalue weighted by Gasteiger charge is 2.36. The van der Waals surface area contributed by atoms with Gasteiger partial charge < -0.3 is 10.1 Å². The third-order valence-corrected chi connectivity index (χ3v) is 4.33. The van der Waals surface area contributed by atoms with Crippen LogP contribution in [0.1, 0.15) is 39.5 Å². The van der Waals surface area contributed by atoms with E-state index in [0.717, 1.165) is 23.9 Å². The van der Waals surface area contributed by atoms with Crippen molar-refractivity contribution in [3.8, 4) is 0 Å². The molecule has 2 heteroatoms. The zero-order chi connectivity index (χ0) is 10.1. The smallest absolute Gasteiger partial charge is 0.0586 e.